The van der Waals surface area contributed by atoms with E-state index in [9.17, 15) is 15.0 Å². The molecule has 0 radical (unpaired) electrons. The lowest BCUT2D eigenvalue weighted by Gasteiger charge is -2.68. The zero-order chi connectivity index (χ0) is 24.2. The summed E-state index contributed by atoms with van der Waals surface area (Å²) in [6.45, 7) is 16.5. The molecule has 4 fully saturated rings. The third kappa shape index (κ3) is 2.81. The molecule has 5 rings (SSSR count). The van der Waals surface area contributed by atoms with Crippen LogP contribution in [0, 0.1) is 44.3 Å². The SMILES string of the molecule is CC1(C)C2CC[C@]3(C)C(=CC=C4[C@@H]5C[C@@](C)(C(=O)O)CC[C@]5(C)CC[C@]43C)[C@@]2(C)CC[C@@H]1O. The highest BCUT2D eigenvalue weighted by atomic mass is 16.4. The van der Waals surface area contributed by atoms with Crippen molar-refractivity contribution in [3.63, 3.8) is 0 Å². The highest BCUT2D eigenvalue weighted by Gasteiger charge is 2.66. The quantitative estimate of drug-likeness (QED) is 0.442. The van der Waals surface area contributed by atoms with E-state index in [2.05, 4.69) is 53.7 Å². The van der Waals surface area contributed by atoms with Crippen molar-refractivity contribution in [3.05, 3.63) is 23.3 Å². The first-order valence-corrected chi connectivity index (χ1v) is 13.5. The van der Waals surface area contributed by atoms with E-state index >= 15 is 0 Å². The molecule has 0 aromatic heterocycles. The third-order valence-electron chi connectivity index (χ3n) is 12.7. The maximum Gasteiger partial charge on any atom is 0.309 e. The molecule has 0 spiro atoms. The number of hydrogen-bond acceptors (Lipinski definition) is 2. The molecule has 33 heavy (non-hydrogen) atoms. The smallest absolute Gasteiger partial charge is 0.309 e. The van der Waals surface area contributed by atoms with Crippen LogP contribution in [0.3, 0.4) is 0 Å². The van der Waals surface area contributed by atoms with Crippen LogP contribution in [-0.4, -0.2) is 22.3 Å². The van der Waals surface area contributed by atoms with Crippen molar-refractivity contribution in [1.29, 1.82) is 0 Å². The summed E-state index contributed by atoms with van der Waals surface area (Å²) in [4.78, 5) is 12.2. The highest BCUT2D eigenvalue weighted by Crippen LogP contribution is 2.74. The lowest BCUT2D eigenvalue weighted by Crippen LogP contribution is -2.61. The number of carboxylic acids is 1. The van der Waals surface area contributed by atoms with Crippen molar-refractivity contribution in [3.8, 4) is 0 Å². The van der Waals surface area contributed by atoms with Gasteiger partial charge in [0.2, 0.25) is 0 Å². The van der Waals surface area contributed by atoms with Crippen molar-refractivity contribution in [1.82, 2.24) is 0 Å². The Kier molecular flexibility index (Phi) is 4.85. The van der Waals surface area contributed by atoms with Crippen molar-refractivity contribution < 1.29 is 15.0 Å². The molecule has 0 aromatic carbocycles. The van der Waals surface area contributed by atoms with Gasteiger partial charge in [-0.2, -0.15) is 0 Å². The minimum absolute atomic E-state index is 0.0577. The Balaban J connectivity index is 1.62. The Hall–Kier alpha value is -1.09. The van der Waals surface area contributed by atoms with Crippen LogP contribution in [0.4, 0.5) is 0 Å². The van der Waals surface area contributed by atoms with Gasteiger partial charge in [0.1, 0.15) is 0 Å². The molecule has 3 heteroatoms. The zero-order valence-corrected chi connectivity index (χ0v) is 22.1. The fourth-order valence-corrected chi connectivity index (χ4v) is 9.84. The van der Waals surface area contributed by atoms with Crippen molar-refractivity contribution >= 4 is 5.97 Å². The van der Waals surface area contributed by atoms with Crippen molar-refractivity contribution in [2.24, 2.45) is 44.3 Å². The van der Waals surface area contributed by atoms with Crippen LogP contribution < -0.4 is 0 Å². The molecule has 184 valence electrons. The molecule has 5 aliphatic carbocycles. The van der Waals surface area contributed by atoms with Crippen LogP contribution in [0.25, 0.3) is 0 Å². The van der Waals surface area contributed by atoms with Crippen LogP contribution in [0.1, 0.15) is 106 Å². The molecule has 2 N–H and O–H groups in total. The Morgan fingerprint density at radius 3 is 2.18 bits per heavy atom. The average Bonchev–Trinajstić information content (AvgIpc) is 2.73. The first-order chi connectivity index (χ1) is 15.1. The van der Waals surface area contributed by atoms with Gasteiger partial charge in [0.05, 0.1) is 11.5 Å². The Morgan fingerprint density at radius 1 is 0.848 bits per heavy atom. The molecule has 4 saturated carbocycles. The van der Waals surface area contributed by atoms with Gasteiger partial charge in [-0.3, -0.25) is 4.79 Å². The van der Waals surface area contributed by atoms with Crippen LogP contribution in [0.2, 0.25) is 0 Å². The highest BCUT2D eigenvalue weighted by molar-refractivity contribution is 5.74. The van der Waals surface area contributed by atoms with Gasteiger partial charge in [-0.15, -0.1) is 0 Å². The van der Waals surface area contributed by atoms with Crippen LogP contribution in [0.5, 0.6) is 0 Å². The molecule has 0 amide bonds. The third-order valence-corrected chi connectivity index (χ3v) is 12.7. The van der Waals surface area contributed by atoms with Crippen LogP contribution in [0.15, 0.2) is 23.3 Å². The molecule has 5 aliphatic rings. The molecular formula is C30H46O3. The van der Waals surface area contributed by atoms with E-state index in [0.29, 0.717) is 11.8 Å². The van der Waals surface area contributed by atoms with E-state index in [1.807, 2.05) is 6.92 Å². The zero-order valence-electron chi connectivity index (χ0n) is 22.1. The maximum atomic E-state index is 12.2. The monoisotopic (exact) mass is 454 g/mol. The maximum absolute atomic E-state index is 12.2. The number of aliphatic hydroxyl groups excluding tert-OH is 1. The van der Waals surface area contributed by atoms with E-state index in [1.54, 1.807) is 11.1 Å². The molecule has 1 unspecified atom stereocenters. The van der Waals surface area contributed by atoms with Gasteiger partial charge in [-0.1, -0.05) is 64.8 Å². The number of aliphatic hydroxyl groups is 1. The summed E-state index contributed by atoms with van der Waals surface area (Å²) in [7, 11) is 0. The Morgan fingerprint density at radius 2 is 1.52 bits per heavy atom. The lowest BCUT2D eigenvalue weighted by molar-refractivity contribution is -0.155. The summed E-state index contributed by atoms with van der Waals surface area (Å²) in [5.74, 6) is 0.244. The fraction of sp³-hybridized carbons (Fsp3) is 0.833. The number of aliphatic carboxylic acids is 1. The largest absolute Gasteiger partial charge is 0.481 e. The number of allylic oxidation sites excluding steroid dienone is 4. The van der Waals surface area contributed by atoms with Crippen LogP contribution >= 0.6 is 0 Å². The Bertz CT molecular complexity index is 944. The van der Waals surface area contributed by atoms with Gasteiger partial charge in [0, 0.05) is 0 Å². The van der Waals surface area contributed by atoms with Gasteiger partial charge < -0.3 is 10.2 Å². The van der Waals surface area contributed by atoms with E-state index in [-0.39, 0.29) is 33.2 Å². The first kappa shape index (κ1) is 23.6. The molecule has 0 aliphatic heterocycles. The van der Waals surface area contributed by atoms with E-state index in [0.717, 1.165) is 32.1 Å². The molecule has 0 heterocycles. The van der Waals surface area contributed by atoms with E-state index in [4.69, 9.17) is 0 Å². The van der Waals surface area contributed by atoms with Gasteiger partial charge in [0.25, 0.3) is 0 Å². The minimum Gasteiger partial charge on any atom is -0.481 e. The van der Waals surface area contributed by atoms with Crippen LogP contribution in [-0.2, 0) is 4.79 Å². The fourth-order valence-electron chi connectivity index (χ4n) is 9.84. The minimum atomic E-state index is -0.619. The van der Waals surface area contributed by atoms with E-state index in [1.165, 1.54) is 25.7 Å². The number of fused-ring (bicyclic) bond motifs is 7. The number of carboxylic acid groups (broad SMARTS) is 1. The number of rotatable bonds is 1. The summed E-state index contributed by atoms with van der Waals surface area (Å²) in [5, 5.41) is 20.9. The second-order valence-corrected chi connectivity index (χ2v) is 14.5. The van der Waals surface area contributed by atoms with Crippen molar-refractivity contribution in [2.75, 3.05) is 0 Å². The second kappa shape index (κ2) is 6.77. The van der Waals surface area contributed by atoms with Gasteiger partial charge in [0.15, 0.2) is 0 Å². The first-order valence-electron chi connectivity index (χ1n) is 13.5. The standard InChI is InChI=1S/C30H46O3/c1-25(2)21-10-13-30(7)22(28(21,5)12-11-23(25)31)9-8-19-20-18-27(4,24(32)33)15-14-26(20,3)16-17-29(19,30)6/h8-9,20-21,23,31H,10-18H2,1-7H3,(H,32,33)/t20-,21?,23-,26+,27-,28-,29+,30+/m0/s1. The average molecular weight is 455 g/mol. The predicted octanol–water partition coefficient (Wildman–Crippen LogP) is 7.15. The normalized spacial score (nSPS) is 52.9. The van der Waals surface area contributed by atoms with Crippen molar-refractivity contribution in [2.45, 2.75) is 112 Å². The predicted molar refractivity (Wildman–Crippen MR) is 133 cm³/mol. The number of carbonyl (C=O) groups is 1. The second-order valence-electron chi connectivity index (χ2n) is 14.5. The van der Waals surface area contributed by atoms with Gasteiger partial charge in [-0.05, 0) is 104 Å². The summed E-state index contributed by atoms with van der Waals surface area (Å²) < 4.78 is 0. The molecular weight excluding hydrogens is 408 g/mol. The molecule has 0 bridgehead atoms. The lowest BCUT2D eigenvalue weighted by atomic mass is 9.36. The van der Waals surface area contributed by atoms with Gasteiger partial charge in [-0.25, -0.2) is 0 Å². The van der Waals surface area contributed by atoms with Gasteiger partial charge >= 0.3 is 5.97 Å². The van der Waals surface area contributed by atoms with E-state index < -0.39 is 11.4 Å². The molecule has 0 aromatic rings. The molecule has 8 atom stereocenters. The summed E-state index contributed by atoms with van der Waals surface area (Å²) >= 11 is 0. The summed E-state index contributed by atoms with van der Waals surface area (Å²) in [6.07, 6.45) is 14.0. The molecule has 0 saturated heterocycles. The molecule has 3 nitrogen and oxygen atoms in total. The topological polar surface area (TPSA) is 57.5 Å². The summed E-state index contributed by atoms with van der Waals surface area (Å²) in [6, 6.07) is 0. The Labute approximate surface area is 201 Å². The number of hydrogen-bond donors (Lipinski definition) is 2. The summed E-state index contributed by atoms with van der Waals surface area (Å²) in [5.41, 5.74) is 3.05.